The molecule has 4 rings (SSSR count). The van der Waals surface area contributed by atoms with Crippen LogP contribution in [0.1, 0.15) is 27.2 Å². The van der Waals surface area contributed by atoms with Gasteiger partial charge in [0.15, 0.2) is 0 Å². The molecule has 1 amide bonds. The second-order valence-electron chi connectivity index (χ2n) is 6.53. The average Bonchev–Trinajstić information content (AvgIpc) is 3.25. The average molecular weight is 362 g/mol. The molecular weight excluding hydrogens is 343 g/mol. The molecule has 0 aliphatic heterocycles. The molecule has 2 heterocycles. The zero-order valence-electron chi connectivity index (χ0n) is 14.9. The minimum Gasteiger partial charge on any atom is -0.448 e. The molecule has 0 bridgehead atoms. The van der Waals surface area contributed by atoms with E-state index in [2.05, 4.69) is 5.32 Å². The van der Waals surface area contributed by atoms with Crippen LogP contribution in [0.4, 0.5) is 4.39 Å². The minimum absolute atomic E-state index is 0.195. The van der Waals surface area contributed by atoms with E-state index in [0.29, 0.717) is 24.5 Å². The van der Waals surface area contributed by atoms with Crippen LogP contribution in [-0.4, -0.2) is 10.5 Å². The summed E-state index contributed by atoms with van der Waals surface area (Å²) in [6.45, 7) is 2.92. The smallest absolute Gasteiger partial charge is 0.268 e. The second-order valence-corrected chi connectivity index (χ2v) is 6.53. The molecule has 0 aliphatic carbocycles. The Hall–Kier alpha value is -3.34. The van der Waals surface area contributed by atoms with Crippen LogP contribution in [0, 0.1) is 12.7 Å². The van der Waals surface area contributed by atoms with Gasteiger partial charge in [0, 0.05) is 11.9 Å². The third-order valence-corrected chi connectivity index (χ3v) is 4.69. The van der Waals surface area contributed by atoms with Crippen LogP contribution >= 0.6 is 0 Å². The van der Waals surface area contributed by atoms with Crippen LogP contribution in [0.2, 0.25) is 0 Å². The maximum atomic E-state index is 13.0. The first-order valence-electron chi connectivity index (χ1n) is 8.76. The molecule has 0 saturated carbocycles. The van der Waals surface area contributed by atoms with Crippen molar-refractivity contribution in [3.8, 4) is 0 Å². The van der Waals surface area contributed by atoms with Gasteiger partial charge in [0.25, 0.3) is 5.91 Å². The van der Waals surface area contributed by atoms with Gasteiger partial charge in [-0.15, -0.1) is 0 Å². The summed E-state index contributed by atoms with van der Waals surface area (Å²) in [7, 11) is 0. The number of benzene rings is 2. The van der Waals surface area contributed by atoms with E-state index in [1.165, 1.54) is 12.1 Å². The monoisotopic (exact) mass is 362 g/mol. The Labute approximate surface area is 156 Å². The molecule has 2 aromatic heterocycles. The van der Waals surface area contributed by atoms with Crippen molar-refractivity contribution in [2.45, 2.75) is 20.0 Å². The molecule has 0 aliphatic rings. The van der Waals surface area contributed by atoms with Crippen LogP contribution in [-0.2, 0) is 13.1 Å². The topological polar surface area (TPSA) is 47.2 Å². The number of halogens is 1. The van der Waals surface area contributed by atoms with Crippen LogP contribution < -0.4 is 5.32 Å². The van der Waals surface area contributed by atoms with Gasteiger partial charge in [0.05, 0.1) is 12.8 Å². The van der Waals surface area contributed by atoms with Gasteiger partial charge in [-0.1, -0.05) is 36.4 Å². The van der Waals surface area contributed by atoms with E-state index in [1.54, 1.807) is 18.4 Å². The van der Waals surface area contributed by atoms with Gasteiger partial charge in [0.1, 0.15) is 11.5 Å². The van der Waals surface area contributed by atoms with Crippen molar-refractivity contribution in [3.63, 3.8) is 0 Å². The summed E-state index contributed by atoms with van der Waals surface area (Å²) < 4.78 is 20.5. The largest absolute Gasteiger partial charge is 0.448 e. The van der Waals surface area contributed by atoms with Gasteiger partial charge < -0.3 is 14.3 Å². The fourth-order valence-electron chi connectivity index (χ4n) is 3.15. The first kappa shape index (κ1) is 17.1. The summed E-state index contributed by atoms with van der Waals surface area (Å²) in [5.74, 6) is -0.489. The van der Waals surface area contributed by atoms with Crippen molar-refractivity contribution in [3.05, 3.63) is 95.1 Å². The highest BCUT2D eigenvalue weighted by atomic mass is 19.1. The first-order chi connectivity index (χ1) is 13.1. The number of hydrogen-bond donors (Lipinski definition) is 1. The predicted octanol–water partition coefficient (Wildman–Crippen LogP) is 4.66. The first-order valence-corrected chi connectivity index (χ1v) is 8.76. The zero-order valence-corrected chi connectivity index (χ0v) is 14.9. The third kappa shape index (κ3) is 3.49. The fraction of sp³-hybridized carbons (Fsp3) is 0.136. The highest BCUT2D eigenvalue weighted by molar-refractivity contribution is 5.97. The molecule has 5 heteroatoms. The van der Waals surface area contributed by atoms with E-state index in [-0.39, 0.29) is 11.7 Å². The number of hydrogen-bond acceptors (Lipinski definition) is 2. The van der Waals surface area contributed by atoms with Crippen LogP contribution in [0.5, 0.6) is 0 Å². The number of fused-ring (bicyclic) bond motifs is 1. The van der Waals surface area contributed by atoms with Gasteiger partial charge in [-0.25, -0.2) is 4.39 Å². The summed E-state index contributed by atoms with van der Waals surface area (Å²) in [6, 6.07) is 17.8. The summed E-state index contributed by atoms with van der Waals surface area (Å²) >= 11 is 0. The molecule has 0 fully saturated rings. The molecule has 27 heavy (non-hydrogen) atoms. The van der Waals surface area contributed by atoms with Gasteiger partial charge in [-0.3, -0.25) is 4.79 Å². The Bertz CT molecular complexity index is 1090. The molecule has 1 N–H and O–H groups in total. The third-order valence-electron chi connectivity index (χ3n) is 4.69. The van der Waals surface area contributed by atoms with E-state index >= 15 is 0 Å². The number of nitrogens with one attached hydrogen (secondary N) is 1. The summed E-state index contributed by atoms with van der Waals surface area (Å²) in [5, 5.41) is 3.79. The van der Waals surface area contributed by atoms with Crippen LogP contribution in [0.3, 0.4) is 0 Å². The van der Waals surface area contributed by atoms with E-state index in [9.17, 15) is 9.18 Å². The lowest BCUT2D eigenvalue weighted by Crippen LogP contribution is -2.25. The number of rotatable bonds is 5. The Morgan fingerprint density at radius 2 is 1.89 bits per heavy atom. The van der Waals surface area contributed by atoms with E-state index in [4.69, 9.17) is 4.42 Å². The van der Waals surface area contributed by atoms with Crippen molar-refractivity contribution in [1.82, 2.24) is 9.88 Å². The fourth-order valence-corrected chi connectivity index (χ4v) is 3.15. The number of nitrogens with zero attached hydrogens (tertiary/aromatic N) is 1. The van der Waals surface area contributed by atoms with Crippen molar-refractivity contribution in [1.29, 1.82) is 0 Å². The molecular formula is C22H19FN2O2. The van der Waals surface area contributed by atoms with E-state index in [0.717, 1.165) is 22.1 Å². The van der Waals surface area contributed by atoms with Crippen molar-refractivity contribution >= 4 is 17.0 Å². The van der Waals surface area contributed by atoms with Crippen molar-refractivity contribution in [2.75, 3.05) is 0 Å². The predicted molar refractivity (Wildman–Crippen MR) is 102 cm³/mol. The zero-order chi connectivity index (χ0) is 18.8. The SMILES string of the molecule is Cc1ccccc1Cn1c(C(=O)NCc2ccc(F)cc2)cc2ccoc21. The molecule has 136 valence electrons. The summed E-state index contributed by atoms with van der Waals surface area (Å²) in [4.78, 5) is 12.8. The highest BCUT2D eigenvalue weighted by Crippen LogP contribution is 2.23. The maximum Gasteiger partial charge on any atom is 0.268 e. The second kappa shape index (κ2) is 7.11. The number of carbonyl (C=O) groups is 1. The molecule has 0 spiro atoms. The maximum absolute atomic E-state index is 13.0. The Morgan fingerprint density at radius 3 is 2.67 bits per heavy atom. The number of carbonyl (C=O) groups excluding carboxylic acids is 1. The molecule has 0 saturated heterocycles. The normalized spacial score (nSPS) is 11.0. The summed E-state index contributed by atoms with van der Waals surface area (Å²) in [5.41, 5.74) is 4.33. The van der Waals surface area contributed by atoms with Gasteiger partial charge >= 0.3 is 0 Å². The Morgan fingerprint density at radius 1 is 1.11 bits per heavy atom. The van der Waals surface area contributed by atoms with Gasteiger partial charge in [-0.05, 0) is 47.9 Å². The summed E-state index contributed by atoms with van der Waals surface area (Å²) in [6.07, 6.45) is 1.62. The molecule has 0 unspecified atom stereocenters. The van der Waals surface area contributed by atoms with Crippen LogP contribution in [0.15, 0.2) is 71.3 Å². The molecule has 0 radical (unpaired) electrons. The standard InChI is InChI=1S/C22H19FN2O2/c1-15-4-2-3-5-18(15)14-25-20(12-17-10-11-27-22(17)25)21(26)24-13-16-6-8-19(23)9-7-16/h2-12H,13-14H2,1H3,(H,24,26). The minimum atomic E-state index is -0.294. The Balaban J connectivity index is 1.61. The van der Waals surface area contributed by atoms with Crippen LogP contribution in [0.25, 0.3) is 11.1 Å². The Kier molecular flexibility index (Phi) is 4.50. The van der Waals surface area contributed by atoms with Crippen molar-refractivity contribution in [2.24, 2.45) is 0 Å². The molecule has 0 atom stereocenters. The number of furan rings is 1. The number of aromatic nitrogens is 1. The molecule has 4 nitrogen and oxygen atoms in total. The lowest BCUT2D eigenvalue weighted by molar-refractivity contribution is 0.0942. The van der Waals surface area contributed by atoms with E-state index < -0.39 is 0 Å². The number of amides is 1. The highest BCUT2D eigenvalue weighted by Gasteiger charge is 2.18. The van der Waals surface area contributed by atoms with E-state index in [1.807, 2.05) is 47.9 Å². The molecule has 2 aromatic carbocycles. The molecule has 4 aromatic rings. The lowest BCUT2D eigenvalue weighted by Gasteiger charge is -2.12. The van der Waals surface area contributed by atoms with Crippen molar-refractivity contribution < 1.29 is 13.6 Å². The lowest BCUT2D eigenvalue weighted by atomic mass is 10.1. The number of aryl methyl sites for hydroxylation is 1. The van der Waals surface area contributed by atoms with Gasteiger partial charge in [-0.2, -0.15) is 0 Å². The van der Waals surface area contributed by atoms with Gasteiger partial charge in [0.2, 0.25) is 5.71 Å². The quantitative estimate of drug-likeness (QED) is 0.561.